The van der Waals surface area contributed by atoms with Crippen molar-refractivity contribution in [2.45, 2.75) is 39.2 Å². The molecule has 0 saturated heterocycles. The van der Waals surface area contributed by atoms with E-state index in [1.54, 1.807) is 7.11 Å². The van der Waals surface area contributed by atoms with Gasteiger partial charge in [0.25, 0.3) is 0 Å². The Hall–Kier alpha value is -0.610. The zero-order valence-electron chi connectivity index (χ0n) is 10.1. The fourth-order valence-corrected chi connectivity index (χ4v) is 1.58. The summed E-state index contributed by atoms with van der Waals surface area (Å²) in [5.41, 5.74) is 5.47. The molecule has 0 heterocycles. The Balaban J connectivity index is 4.07. The van der Waals surface area contributed by atoms with Crippen LogP contribution in [-0.2, 0) is 9.53 Å². The first-order valence-corrected chi connectivity index (χ1v) is 5.68. The highest BCUT2D eigenvalue weighted by atomic mass is 16.5. The van der Waals surface area contributed by atoms with E-state index in [2.05, 4.69) is 5.32 Å². The van der Waals surface area contributed by atoms with Gasteiger partial charge in [-0.15, -0.1) is 0 Å². The van der Waals surface area contributed by atoms with Crippen LogP contribution < -0.4 is 11.1 Å². The van der Waals surface area contributed by atoms with Gasteiger partial charge in [0.2, 0.25) is 5.91 Å². The van der Waals surface area contributed by atoms with Crippen LogP contribution in [0.4, 0.5) is 0 Å². The SMILES string of the molecule is CCC(CC)C(=O)NC(CCN)COC. The summed E-state index contributed by atoms with van der Waals surface area (Å²) in [5, 5.41) is 2.98. The molecule has 0 aliphatic rings. The Morgan fingerprint density at radius 3 is 2.40 bits per heavy atom. The predicted octanol–water partition coefficient (Wildman–Crippen LogP) is 0.903. The second-order valence-electron chi connectivity index (χ2n) is 3.75. The summed E-state index contributed by atoms with van der Waals surface area (Å²) in [6, 6.07) is 0.0492. The third-order valence-corrected chi connectivity index (χ3v) is 2.59. The molecule has 3 N–H and O–H groups in total. The van der Waals surface area contributed by atoms with Gasteiger partial charge in [-0.3, -0.25) is 4.79 Å². The van der Waals surface area contributed by atoms with E-state index in [1.165, 1.54) is 0 Å². The van der Waals surface area contributed by atoms with Crippen molar-refractivity contribution in [3.8, 4) is 0 Å². The number of nitrogens with one attached hydrogen (secondary N) is 1. The molecule has 4 nitrogen and oxygen atoms in total. The molecular weight excluding hydrogens is 192 g/mol. The lowest BCUT2D eigenvalue weighted by molar-refractivity contribution is -0.126. The quantitative estimate of drug-likeness (QED) is 0.633. The zero-order valence-corrected chi connectivity index (χ0v) is 10.1. The van der Waals surface area contributed by atoms with Crippen LogP contribution in [0.3, 0.4) is 0 Å². The van der Waals surface area contributed by atoms with Crippen molar-refractivity contribution in [2.24, 2.45) is 11.7 Å². The molecule has 0 bridgehead atoms. The lowest BCUT2D eigenvalue weighted by atomic mass is 10.0. The van der Waals surface area contributed by atoms with Gasteiger partial charge in [0.05, 0.1) is 12.6 Å². The monoisotopic (exact) mass is 216 g/mol. The summed E-state index contributed by atoms with van der Waals surface area (Å²) in [6.45, 7) is 5.16. The van der Waals surface area contributed by atoms with E-state index in [0.717, 1.165) is 19.3 Å². The molecule has 4 heteroatoms. The summed E-state index contributed by atoms with van der Waals surface area (Å²) in [7, 11) is 1.63. The van der Waals surface area contributed by atoms with E-state index < -0.39 is 0 Å². The average molecular weight is 216 g/mol. The third kappa shape index (κ3) is 5.74. The van der Waals surface area contributed by atoms with Crippen molar-refractivity contribution in [1.82, 2.24) is 5.32 Å². The van der Waals surface area contributed by atoms with E-state index in [4.69, 9.17) is 10.5 Å². The van der Waals surface area contributed by atoms with Crippen LogP contribution in [0.25, 0.3) is 0 Å². The number of carbonyl (C=O) groups is 1. The van der Waals surface area contributed by atoms with Gasteiger partial charge < -0.3 is 15.8 Å². The molecule has 0 aliphatic carbocycles. The Kier molecular flexibility index (Phi) is 8.33. The van der Waals surface area contributed by atoms with E-state index in [1.807, 2.05) is 13.8 Å². The van der Waals surface area contributed by atoms with Crippen molar-refractivity contribution in [1.29, 1.82) is 0 Å². The molecule has 0 aliphatic heterocycles. The first-order valence-electron chi connectivity index (χ1n) is 5.68. The molecule has 0 fully saturated rings. The minimum atomic E-state index is 0.0492. The maximum absolute atomic E-state index is 11.8. The van der Waals surface area contributed by atoms with E-state index in [0.29, 0.717) is 13.2 Å². The van der Waals surface area contributed by atoms with Crippen LogP contribution in [0.1, 0.15) is 33.1 Å². The smallest absolute Gasteiger partial charge is 0.223 e. The molecule has 1 amide bonds. The lowest BCUT2D eigenvalue weighted by Crippen LogP contribution is -2.42. The predicted molar refractivity (Wildman–Crippen MR) is 61.6 cm³/mol. The summed E-state index contributed by atoms with van der Waals surface area (Å²) in [5.74, 6) is 0.234. The molecule has 1 unspecified atom stereocenters. The van der Waals surface area contributed by atoms with Gasteiger partial charge in [-0.1, -0.05) is 13.8 Å². The third-order valence-electron chi connectivity index (χ3n) is 2.59. The summed E-state index contributed by atoms with van der Waals surface area (Å²) >= 11 is 0. The van der Waals surface area contributed by atoms with Crippen LogP contribution >= 0.6 is 0 Å². The second-order valence-corrected chi connectivity index (χ2v) is 3.75. The molecule has 15 heavy (non-hydrogen) atoms. The highest BCUT2D eigenvalue weighted by molar-refractivity contribution is 5.78. The number of carbonyl (C=O) groups excluding carboxylic acids is 1. The van der Waals surface area contributed by atoms with Crippen LogP contribution in [0.2, 0.25) is 0 Å². The van der Waals surface area contributed by atoms with Gasteiger partial charge in [0.1, 0.15) is 0 Å². The number of amides is 1. The second kappa shape index (κ2) is 8.68. The number of nitrogens with two attached hydrogens (primary N) is 1. The number of rotatable bonds is 8. The maximum Gasteiger partial charge on any atom is 0.223 e. The van der Waals surface area contributed by atoms with Gasteiger partial charge in [-0.2, -0.15) is 0 Å². The van der Waals surface area contributed by atoms with Gasteiger partial charge in [-0.05, 0) is 25.8 Å². The molecule has 0 aromatic carbocycles. The highest BCUT2D eigenvalue weighted by Crippen LogP contribution is 2.08. The molecular formula is C11H24N2O2. The topological polar surface area (TPSA) is 64.4 Å². The van der Waals surface area contributed by atoms with Crippen molar-refractivity contribution >= 4 is 5.91 Å². The fraction of sp³-hybridized carbons (Fsp3) is 0.909. The highest BCUT2D eigenvalue weighted by Gasteiger charge is 2.17. The molecule has 0 aromatic rings. The van der Waals surface area contributed by atoms with Crippen LogP contribution in [-0.4, -0.2) is 32.2 Å². The number of methoxy groups -OCH3 is 1. The molecule has 0 aromatic heterocycles. The van der Waals surface area contributed by atoms with Crippen molar-refractivity contribution in [2.75, 3.05) is 20.3 Å². The Bertz CT molecular complexity index is 164. The van der Waals surface area contributed by atoms with Crippen molar-refractivity contribution < 1.29 is 9.53 Å². The van der Waals surface area contributed by atoms with E-state index >= 15 is 0 Å². The number of hydrogen-bond donors (Lipinski definition) is 2. The lowest BCUT2D eigenvalue weighted by Gasteiger charge is -2.20. The number of hydrogen-bond acceptors (Lipinski definition) is 3. The van der Waals surface area contributed by atoms with E-state index in [9.17, 15) is 4.79 Å². The molecule has 90 valence electrons. The Labute approximate surface area is 92.6 Å². The van der Waals surface area contributed by atoms with Crippen molar-refractivity contribution in [3.05, 3.63) is 0 Å². The summed E-state index contributed by atoms with van der Waals surface area (Å²) in [4.78, 5) is 11.8. The number of ether oxygens (including phenoxy) is 1. The average Bonchev–Trinajstić information content (AvgIpc) is 2.20. The molecule has 0 saturated carbocycles. The Morgan fingerprint density at radius 1 is 1.40 bits per heavy atom. The first kappa shape index (κ1) is 14.4. The fourth-order valence-electron chi connectivity index (χ4n) is 1.58. The van der Waals surface area contributed by atoms with Gasteiger partial charge >= 0.3 is 0 Å². The van der Waals surface area contributed by atoms with Crippen LogP contribution in [0.5, 0.6) is 0 Å². The summed E-state index contributed by atoms with van der Waals surface area (Å²) < 4.78 is 5.03. The largest absolute Gasteiger partial charge is 0.383 e. The normalized spacial score (nSPS) is 12.9. The van der Waals surface area contributed by atoms with Crippen LogP contribution in [0, 0.1) is 5.92 Å². The first-order chi connectivity index (χ1) is 7.19. The standard InChI is InChI=1S/C11H24N2O2/c1-4-9(5-2)11(14)13-10(6-7-12)8-15-3/h9-10H,4-8,12H2,1-3H3,(H,13,14). The van der Waals surface area contributed by atoms with Crippen LogP contribution in [0.15, 0.2) is 0 Å². The van der Waals surface area contributed by atoms with E-state index in [-0.39, 0.29) is 17.9 Å². The van der Waals surface area contributed by atoms with Gasteiger partial charge in [0, 0.05) is 13.0 Å². The molecule has 1 atom stereocenters. The maximum atomic E-state index is 11.8. The minimum Gasteiger partial charge on any atom is -0.383 e. The minimum absolute atomic E-state index is 0.0492. The van der Waals surface area contributed by atoms with Gasteiger partial charge in [0.15, 0.2) is 0 Å². The Morgan fingerprint density at radius 2 is 2.00 bits per heavy atom. The summed E-state index contributed by atoms with van der Waals surface area (Å²) in [6.07, 6.45) is 2.52. The molecule has 0 radical (unpaired) electrons. The molecule has 0 spiro atoms. The zero-order chi connectivity index (χ0) is 11.7. The molecule has 0 rings (SSSR count). The van der Waals surface area contributed by atoms with Crippen molar-refractivity contribution in [3.63, 3.8) is 0 Å². The van der Waals surface area contributed by atoms with Gasteiger partial charge in [-0.25, -0.2) is 0 Å².